The molecule has 0 aliphatic rings. The van der Waals surface area contributed by atoms with Gasteiger partial charge in [0.2, 0.25) is 0 Å². The van der Waals surface area contributed by atoms with Crippen LogP contribution in [-0.4, -0.2) is 73.9 Å². The lowest BCUT2D eigenvalue weighted by molar-refractivity contribution is 0.618. The molecule has 125 heavy (non-hydrogen) atoms. The van der Waals surface area contributed by atoms with Crippen LogP contribution >= 0.6 is 46.4 Å². The van der Waals surface area contributed by atoms with Gasteiger partial charge in [-0.15, -0.1) is 0 Å². The Bertz CT molecular complexity index is 7830. The second-order valence-corrected chi connectivity index (χ2v) is 30.1. The van der Waals surface area contributed by atoms with Crippen molar-refractivity contribution >= 4 is 107 Å². The lowest BCUT2D eigenvalue weighted by Crippen LogP contribution is -2.16. The van der Waals surface area contributed by atoms with Gasteiger partial charge in [0.15, 0.2) is 0 Å². The Morgan fingerprint density at radius 1 is 0.304 bits per heavy atom. The second kappa shape index (κ2) is 36.9. The Labute approximate surface area is 729 Å². The highest BCUT2D eigenvalue weighted by Crippen LogP contribution is 2.39. The molecule has 0 saturated heterocycles. The summed E-state index contributed by atoms with van der Waals surface area (Å²) in [7, 11) is 3.36. The largest absolute Gasteiger partial charge is 0.383 e. The highest BCUT2D eigenvalue weighted by molar-refractivity contribution is 6.32. The van der Waals surface area contributed by atoms with Crippen LogP contribution in [0, 0.1) is 24.4 Å². The molecule has 0 amide bonds. The fourth-order valence-corrected chi connectivity index (χ4v) is 14.9. The average Bonchev–Trinajstić information content (AvgIpc) is 0.789. The second-order valence-electron chi connectivity index (χ2n) is 28.4. The zero-order chi connectivity index (χ0) is 86.9. The highest BCUT2D eigenvalue weighted by Gasteiger charge is 2.19. The molecule has 20 aromatic rings. The molecule has 0 saturated carbocycles. The summed E-state index contributed by atoms with van der Waals surface area (Å²) in [5, 5.41) is 4.34. The third-order valence-electron chi connectivity index (χ3n) is 20.4. The zero-order valence-corrected chi connectivity index (χ0v) is 69.2. The van der Waals surface area contributed by atoms with Gasteiger partial charge in [0.05, 0.1) is 113 Å². The number of nitrogen functional groups attached to an aromatic ring is 1. The molecule has 0 aliphatic carbocycles. The van der Waals surface area contributed by atoms with E-state index in [-0.39, 0.29) is 38.1 Å². The molecule has 0 aliphatic heterocycles. The number of hydrogen-bond acceptors (Lipinski definition) is 16. The number of halogens is 7. The highest BCUT2D eigenvalue weighted by atomic mass is 35.5. The van der Waals surface area contributed by atoms with Crippen LogP contribution in [0.3, 0.4) is 0 Å². The van der Waals surface area contributed by atoms with E-state index in [9.17, 15) is 32.3 Å². The van der Waals surface area contributed by atoms with Crippen molar-refractivity contribution < 1.29 is 13.2 Å². The third-order valence-corrected chi connectivity index (χ3v) is 21.4. The van der Waals surface area contributed by atoms with Gasteiger partial charge in [-0.2, -0.15) is 0 Å². The molecule has 0 bridgehead atoms. The predicted octanol–water partition coefficient (Wildman–Crippen LogP) is 21.9. The Hall–Kier alpha value is -15.4. The quantitative estimate of drug-likeness (QED) is 0.115. The molecule has 20 nitrogen and oxygen atoms in total. The monoisotopic (exact) mass is 1730 g/mol. The molecule has 0 unspecified atom stereocenters. The van der Waals surface area contributed by atoms with Crippen LogP contribution < -0.4 is 28.0 Å². The summed E-state index contributed by atoms with van der Waals surface area (Å²) in [5.41, 5.74) is 26.2. The number of rotatable bonds is 10. The van der Waals surface area contributed by atoms with E-state index in [0.29, 0.717) is 87.6 Å². The molecule has 0 fully saturated rings. The number of aromatic nitrogens is 15. The van der Waals surface area contributed by atoms with Crippen LogP contribution in [0.15, 0.2) is 337 Å². The fraction of sp³-hybridized carbons (Fsp3) is 0.0306. The molecule has 610 valence electrons. The SMILES string of the molecule is Cc1cc(-c2ncccc2-c2ccc3ncnc(N)c3c2)ccc1F.Cn1cnc2ccc(-c3cccnc3-c3ccc(F)c(Cl)c3)cc2c1=O.Cn1cnc2ccc(-c3cccnc3-c3cccc(Cl)c3)cc2c1=O.O=c1[nH]cnc2ccc(-c3cccnc3-c3ccc(F)c(Cl)c3)cc12.O=c1[nH]cnc2ccc(-c3cccnc3-c3cccc(Cl)c3)cc12. The van der Waals surface area contributed by atoms with Crippen molar-refractivity contribution in [2.75, 3.05) is 5.73 Å². The number of benzene rings is 10. The molecule has 27 heteroatoms. The van der Waals surface area contributed by atoms with Crippen molar-refractivity contribution in [3.05, 3.63) is 402 Å². The van der Waals surface area contributed by atoms with Gasteiger partial charge in [-0.3, -0.25) is 44.1 Å². The average molecular weight is 1730 g/mol. The smallest absolute Gasteiger partial charge is 0.260 e. The summed E-state index contributed by atoms with van der Waals surface area (Å²) >= 11 is 24.1. The van der Waals surface area contributed by atoms with Crippen LogP contribution in [0.5, 0.6) is 0 Å². The molecule has 10 aromatic heterocycles. The Balaban J connectivity index is 0.000000115. The molecule has 20 rings (SSSR count). The van der Waals surface area contributed by atoms with Crippen LogP contribution in [0.2, 0.25) is 20.1 Å². The first-order valence-corrected chi connectivity index (χ1v) is 40.0. The minimum atomic E-state index is -0.480. The third kappa shape index (κ3) is 18.3. The normalized spacial score (nSPS) is 11.0. The summed E-state index contributed by atoms with van der Waals surface area (Å²) in [6.07, 6.45) is 15.8. The molecular formula is C98H65Cl4F3N16O4. The van der Waals surface area contributed by atoms with E-state index in [4.69, 9.17) is 52.1 Å². The first kappa shape index (κ1) is 83.3. The Morgan fingerprint density at radius 3 is 0.968 bits per heavy atom. The number of H-pyrrole nitrogens is 2. The Kier molecular flexibility index (Phi) is 24.6. The van der Waals surface area contributed by atoms with E-state index in [1.165, 1.54) is 65.0 Å². The number of pyridine rings is 5. The molecule has 10 aromatic carbocycles. The number of hydrogen-bond donors (Lipinski definition) is 3. The van der Waals surface area contributed by atoms with E-state index in [0.717, 1.165) is 100 Å². The van der Waals surface area contributed by atoms with Gasteiger partial charge < -0.3 is 24.8 Å². The summed E-state index contributed by atoms with van der Waals surface area (Å²) in [6, 6.07) is 76.3. The molecule has 10 heterocycles. The van der Waals surface area contributed by atoms with Crippen molar-refractivity contribution in [2.45, 2.75) is 6.92 Å². The maximum Gasteiger partial charge on any atom is 0.260 e. The van der Waals surface area contributed by atoms with Crippen LogP contribution in [-0.2, 0) is 14.1 Å². The van der Waals surface area contributed by atoms with Crippen LogP contribution in [0.4, 0.5) is 19.0 Å². The first-order valence-electron chi connectivity index (χ1n) is 38.5. The maximum absolute atomic E-state index is 13.6. The molecule has 0 atom stereocenters. The van der Waals surface area contributed by atoms with Gasteiger partial charge in [-0.05, 0) is 210 Å². The minimum Gasteiger partial charge on any atom is -0.383 e. The standard InChI is InChI=1S/C20H13ClFN3O.C20H14ClN3O.C20H15FN4.C19H11ClFN3O.C19H12ClN3O/c1-25-11-24-18-7-5-12(9-15(18)20(25)26)14-3-2-8-23-19(14)13-4-6-17(22)16(21)10-13;1-24-12-23-18-8-7-13(11-17(18)20(24)25)16-6-3-9-22-19(16)14-4-2-5-15(21)10-14;1-12-9-14(4-6-17(12)21)19-15(3-2-8-23-19)13-5-7-18-16(10-13)20(22)25-11-24-18;20-15-9-12(3-5-16(15)21)18-13(2-1-7-22-18)11-4-6-17-14(8-11)19(25)24-10-23-17;20-14-4-1-3-13(9-14)18-15(5-2-8-21-18)12-6-7-17-16(10-12)19(24)23-11-22-17/h2-11H,1H3;2-12H,1H3;2-11H,1H3,(H2,22,24,25);1-10H,(H,23,24,25);1-11H,(H,22,23,24). The van der Waals surface area contributed by atoms with Crippen LogP contribution in [0.25, 0.3) is 166 Å². The van der Waals surface area contributed by atoms with Gasteiger partial charge in [0.1, 0.15) is 29.6 Å². The number of nitrogens with two attached hydrogens (primary N) is 1. The van der Waals surface area contributed by atoms with Gasteiger partial charge in [-0.25, -0.2) is 43.1 Å². The van der Waals surface area contributed by atoms with Crippen LogP contribution in [0.1, 0.15) is 5.56 Å². The van der Waals surface area contributed by atoms with Gasteiger partial charge in [0, 0.05) is 116 Å². The van der Waals surface area contributed by atoms with E-state index >= 15 is 0 Å². The van der Waals surface area contributed by atoms with E-state index in [1.807, 2.05) is 176 Å². The van der Waals surface area contributed by atoms with Gasteiger partial charge in [-0.1, -0.05) is 131 Å². The van der Waals surface area contributed by atoms with Crippen molar-refractivity contribution in [2.24, 2.45) is 14.1 Å². The van der Waals surface area contributed by atoms with Gasteiger partial charge in [0.25, 0.3) is 22.2 Å². The topological polar surface area (TPSA) is 278 Å². The maximum atomic E-state index is 13.6. The summed E-state index contributed by atoms with van der Waals surface area (Å²) in [5.74, 6) is -0.744. The molecule has 4 N–H and O–H groups in total. The van der Waals surface area contributed by atoms with Crippen molar-refractivity contribution in [3.63, 3.8) is 0 Å². The number of aromatic amines is 2. The molecule has 0 radical (unpaired) electrons. The minimum absolute atomic E-state index is 0.0354. The lowest BCUT2D eigenvalue weighted by atomic mass is 9.97. The first-order chi connectivity index (χ1) is 60.7. The number of aryl methyl sites for hydroxylation is 3. The van der Waals surface area contributed by atoms with Crippen molar-refractivity contribution in [3.8, 4) is 112 Å². The van der Waals surface area contributed by atoms with E-state index in [1.54, 1.807) is 107 Å². The summed E-state index contributed by atoms with van der Waals surface area (Å²) in [4.78, 5) is 102. The predicted molar refractivity (Wildman–Crippen MR) is 491 cm³/mol. The zero-order valence-electron chi connectivity index (χ0n) is 66.2. The fourth-order valence-electron chi connectivity index (χ4n) is 14.2. The van der Waals surface area contributed by atoms with E-state index in [2.05, 4.69) is 64.8 Å². The Morgan fingerprint density at radius 2 is 0.616 bits per heavy atom. The van der Waals surface area contributed by atoms with Gasteiger partial charge >= 0.3 is 0 Å². The molecule has 0 spiro atoms. The number of nitrogens with zero attached hydrogens (tertiary/aromatic N) is 13. The summed E-state index contributed by atoms with van der Waals surface area (Å²) < 4.78 is 43.5. The van der Waals surface area contributed by atoms with Crippen molar-refractivity contribution in [1.82, 2.24) is 73.9 Å². The van der Waals surface area contributed by atoms with E-state index < -0.39 is 11.6 Å². The lowest BCUT2D eigenvalue weighted by Gasteiger charge is -2.11. The molecular weight excluding hydrogens is 1660 g/mol. The number of nitrogens with one attached hydrogen (secondary N) is 2. The van der Waals surface area contributed by atoms with Crippen molar-refractivity contribution in [1.29, 1.82) is 0 Å². The number of anilines is 1. The number of fused-ring (bicyclic) bond motifs is 5. The summed E-state index contributed by atoms with van der Waals surface area (Å²) in [6.45, 7) is 1.75.